The lowest BCUT2D eigenvalue weighted by Crippen LogP contribution is -2.43. The minimum absolute atomic E-state index is 0. The molecule has 4 N–H and O–H groups in total. The van der Waals surface area contributed by atoms with E-state index >= 15 is 0 Å². The van der Waals surface area contributed by atoms with Gasteiger partial charge in [-0.1, -0.05) is 11.6 Å². The molecule has 0 aliphatic carbocycles. The van der Waals surface area contributed by atoms with Crippen molar-refractivity contribution in [3.63, 3.8) is 0 Å². The van der Waals surface area contributed by atoms with Gasteiger partial charge < -0.3 is 25.8 Å². The summed E-state index contributed by atoms with van der Waals surface area (Å²) in [5.74, 6) is 0.538. The van der Waals surface area contributed by atoms with Crippen molar-refractivity contribution in [1.29, 1.82) is 0 Å². The number of benzene rings is 1. The number of anilines is 1. The zero-order valence-corrected chi connectivity index (χ0v) is 14.4. The molecule has 1 saturated heterocycles. The maximum absolute atomic E-state index is 12.6. The van der Waals surface area contributed by atoms with Crippen molar-refractivity contribution in [2.75, 3.05) is 25.4 Å². The van der Waals surface area contributed by atoms with Gasteiger partial charge in [-0.25, -0.2) is 0 Å². The second-order valence-corrected chi connectivity index (χ2v) is 6.12. The Balaban J connectivity index is 0.00000192. The van der Waals surface area contributed by atoms with E-state index in [9.17, 15) is 4.79 Å². The fraction of sp³-hybridized carbons (Fsp3) is 0.533. The van der Waals surface area contributed by atoms with Crippen molar-refractivity contribution < 1.29 is 14.3 Å². The van der Waals surface area contributed by atoms with Crippen molar-refractivity contribution in [3.05, 3.63) is 16.7 Å². The van der Waals surface area contributed by atoms with Crippen LogP contribution in [0.25, 0.3) is 0 Å². The van der Waals surface area contributed by atoms with Gasteiger partial charge in [0.05, 0.1) is 16.3 Å². The van der Waals surface area contributed by atoms with E-state index in [2.05, 4.69) is 10.6 Å². The van der Waals surface area contributed by atoms with Crippen LogP contribution in [0.4, 0.5) is 5.69 Å². The standard InChI is InChI=1S/C15H20ClN3O3.ClH/c1-8-7-21-13-10(6-11(16)12(17)14(13)22-8)15(20)19-9-2-4-18-5-3-9;/h6,8-9,18H,2-5,7,17H2,1H3,(H,19,20);1H. The lowest BCUT2D eigenvalue weighted by Gasteiger charge is -2.28. The van der Waals surface area contributed by atoms with Crippen LogP contribution in [0.2, 0.25) is 5.02 Å². The summed E-state index contributed by atoms with van der Waals surface area (Å²) in [5.41, 5.74) is 6.62. The van der Waals surface area contributed by atoms with Crippen molar-refractivity contribution in [2.45, 2.75) is 31.9 Å². The number of amides is 1. The van der Waals surface area contributed by atoms with Crippen molar-refractivity contribution in [1.82, 2.24) is 10.6 Å². The number of hydrogen-bond donors (Lipinski definition) is 3. The molecule has 0 saturated carbocycles. The number of ether oxygens (including phenoxy) is 2. The molecule has 1 atom stereocenters. The molecule has 0 aromatic heterocycles. The molecule has 1 fully saturated rings. The maximum atomic E-state index is 12.6. The van der Waals surface area contributed by atoms with Crippen molar-refractivity contribution >= 4 is 35.6 Å². The molecule has 2 aliphatic rings. The summed E-state index contributed by atoms with van der Waals surface area (Å²) in [6, 6.07) is 1.70. The molecule has 8 heteroatoms. The summed E-state index contributed by atoms with van der Waals surface area (Å²) in [5, 5.41) is 6.59. The van der Waals surface area contributed by atoms with Gasteiger partial charge in [0.25, 0.3) is 5.91 Å². The third kappa shape index (κ3) is 3.76. The van der Waals surface area contributed by atoms with E-state index < -0.39 is 0 Å². The molecule has 0 spiro atoms. The highest BCUT2D eigenvalue weighted by Gasteiger charge is 2.29. The van der Waals surface area contributed by atoms with Crippen LogP contribution in [0.5, 0.6) is 11.5 Å². The SMILES string of the molecule is CC1COc2c(C(=O)NC3CCNCC3)cc(Cl)c(N)c2O1.Cl. The molecule has 6 nitrogen and oxygen atoms in total. The first-order chi connectivity index (χ1) is 10.6. The van der Waals surface area contributed by atoms with E-state index in [1.807, 2.05) is 6.92 Å². The smallest absolute Gasteiger partial charge is 0.255 e. The van der Waals surface area contributed by atoms with Gasteiger partial charge in [-0.05, 0) is 38.9 Å². The molecule has 1 amide bonds. The molecule has 3 rings (SSSR count). The number of carbonyl (C=O) groups is 1. The van der Waals surface area contributed by atoms with Crippen LogP contribution in [0.1, 0.15) is 30.1 Å². The Labute approximate surface area is 146 Å². The van der Waals surface area contributed by atoms with Crippen LogP contribution >= 0.6 is 24.0 Å². The number of hydrogen-bond acceptors (Lipinski definition) is 5. The van der Waals surface area contributed by atoms with Gasteiger partial charge in [-0.2, -0.15) is 0 Å². The summed E-state index contributed by atoms with van der Waals surface area (Å²) in [6.45, 7) is 4.06. The average Bonchev–Trinajstić information content (AvgIpc) is 2.52. The molecular formula is C15H21Cl2N3O3. The predicted octanol–water partition coefficient (Wildman–Crippen LogP) is 1.99. The summed E-state index contributed by atoms with van der Waals surface area (Å²) in [7, 11) is 0. The fourth-order valence-corrected chi connectivity index (χ4v) is 2.91. The summed E-state index contributed by atoms with van der Waals surface area (Å²) in [6.07, 6.45) is 1.68. The second-order valence-electron chi connectivity index (χ2n) is 5.72. The molecule has 1 aromatic rings. The predicted molar refractivity (Wildman–Crippen MR) is 92.1 cm³/mol. The monoisotopic (exact) mass is 361 g/mol. The van der Waals surface area contributed by atoms with E-state index in [0.29, 0.717) is 34.4 Å². The number of fused-ring (bicyclic) bond motifs is 1. The number of nitrogens with one attached hydrogen (secondary N) is 2. The van der Waals surface area contributed by atoms with Crippen molar-refractivity contribution in [2.24, 2.45) is 0 Å². The van der Waals surface area contributed by atoms with Crippen molar-refractivity contribution in [3.8, 4) is 11.5 Å². The highest BCUT2D eigenvalue weighted by atomic mass is 35.5. The third-order valence-corrected chi connectivity index (χ3v) is 4.24. The van der Waals surface area contributed by atoms with Gasteiger partial charge in [-0.15, -0.1) is 12.4 Å². The van der Waals surface area contributed by atoms with Gasteiger partial charge in [0.2, 0.25) is 0 Å². The van der Waals surface area contributed by atoms with E-state index in [4.69, 9.17) is 26.8 Å². The Kier molecular flexibility index (Phi) is 5.84. The number of nitrogens with two attached hydrogens (primary N) is 1. The second kappa shape index (κ2) is 7.47. The zero-order chi connectivity index (χ0) is 15.7. The van der Waals surface area contributed by atoms with E-state index in [-0.39, 0.29) is 30.5 Å². The van der Waals surface area contributed by atoms with Gasteiger partial charge >= 0.3 is 0 Å². The molecule has 1 aromatic carbocycles. The minimum atomic E-state index is -0.205. The fourth-order valence-electron chi connectivity index (χ4n) is 2.72. The Hall–Kier alpha value is -1.37. The molecule has 128 valence electrons. The van der Waals surface area contributed by atoms with Gasteiger partial charge in [0.1, 0.15) is 12.7 Å². The zero-order valence-electron chi connectivity index (χ0n) is 12.9. The summed E-state index contributed by atoms with van der Waals surface area (Å²) in [4.78, 5) is 12.6. The number of halogens is 2. The van der Waals surface area contributed by atoms with Gasteiger partial charge in [0.15, 0.2) is 11.5 Å². The average molecular weight is 362 g/mol. The first-order valence-corrected chi connectivity index (χ1v) is 7.87. The number of piperidine rings is 1. The minimum Gasteiger partial charge on any atom is -0.485 e. The van der Waals surface area contributed by atoms with Crippen LogP contribution < -0.4 is 25.8 Å². The lowest BCUT2D eigenvalue weighted by molar-refractivity contribution is 0.0884. The molecule has 2 heterocycles. The highest BCUT2D eigenvalue weighted by molar-refractivity contribution is 6.34. The topological polar surface area (TPSA) is 85.6 Å². The first kappa shape index (κ1) is 18.0. The van der Waals surface area contributed by atoms with E-state index in [0.717, 1.165) is 25.9 Å². The number of rotatable bonds is 2. The third-order valence-electron chi connectivity index (χ3n) is 3.92. The Morgan fingerprint density at radius 1 is 1.39 bits per heavy atom. The Bertz CT molecular complexity index is 592. The molecule has 23 heavy (non-hydrogen) atoms. The van der Waals surface area contributed by atoms with Crippen LogP contribution in [-0.2, 0) is 0 Å². The summed E-state index contributed by atoms with van der Waals surface area (Å²) >= 11 is 6.13. The quantitative estimate of drug-likeness (QED) is 0.701. The lowest BCUT2D eigenvalue weighted by atomic mass is 10.1. The van der Waals surface area contributed by atoms with Gasteiger partial charge in [0, 0.05) is 6.04 Å². The summed E-state index contributed by atoms with van der Waals surface area (Å²) < 4.78 is 11.4. The molecular weight excluding hydrogens is 341 g/mol. The largest absolute Gasteiger partial charge is 0.485 e. The highest BCUT2D eigenvalue weighted by Crippen LogP contribution is 2.44. The molecule has 1 unspecified atom stereocenters. The molecule has 0 bridgehead atoms. The normalized spacial score (nSPS) is 20.5. The van der Waals surface area contributed by atoms with Crippen LogP contribution in [0.15, 0.2) is 6.07 Å². The Morgan fingerprint density at radius 2 is 2.09 bits per heavy atom. The first-order valence-electron chi connectivity index (χ1n) is 7.49. The van der Waals surface area contributed by atoms with Crippen LogP contribution in [0.3, 0.4) is 0 Å². The van der Waals surface area contributed by atoms with E-state index in [1.165, 1.54) is 0 Å². The van der Waals surface area contributed by atoms with E-state index in [1.54, 1.807) is 6.07 Å². The van der Waals surface area contributed by atoms with Crippen LogP contribution in [0, 0.1) is 0 Å². The van der Waals surface area contributed by atoms with Crippen LogP contribution in [-0.4, -0.2) is 37.7 Å². The number of nitrogen functional groups attached to an aromatic ring is 1. The Morgan fingerprint density at radius 3 is 2.78 bits per heavy atom. The molecule has 0 radical (unpaired) electrons. The molecule has 2 aliphatic heterocycles. The van der Waals surface area contributed by atoms with Gasteiger partial charge in [-0.3, -0.25) is 4.79 Å². The maximum Gasteiger partial charge on any atom is 0.255 e. The number of carbonyl (C=O) groups excluding carboxylic acids is 1.